The summed E-state index contributed by atoms with van der Waals surface area (Å²) in [5.41, 5.74) is 2.02. The minimum absolute atomic E-state index is 0.424. The molecule has 6 heteroatoms. The maximum Gasteiger partial charge on any atom is 0.209 e. The first-order valence-electron chi connectivity index (χ1n) is 3.84. The predicted octanol–water partition coefficient (Wildman–Crippen LogP) is -0.836. The zero-order chi connectivity index (χ0) is 8.91. The summed E-state index contributed by atoms with van der Waals surface area (Å²) in [6.07, 6.45) is 0. The SMILES string of the molecule is C=C[Si](C)(O[SiH3])[SiH2]O[SiH](C)C. The molecule has 0 aromatic heterocycles. The Morgan fingerprint density at radius 2 is 2.18 bits per heavy atom. The summed E-state index contributed by atoms with van der Waals surface area (Å²) >= 11 is 0. The summed E-state index contributed by atoms with van der Waals surface area (Å²) in [5, 5.41) is 0. The molecule has 0 saturated heterocycles. The molecule has 0 aliphatic carbocycles. The van der Waals surface area contributed by atoms with Gasteiger partial charge in [0.25, 0.3) is 0 Å². The van der Waals surface area contributed by atoms with Gasteiger partial charge in [-0.15, -0.1) is 6.58 Å². The molecule has 1 unspecified atom stereocenters. The van der Waals surface area contributed by atoms with Crippen LogP contribution in [0.4, 0.5) is 0 Å². The van der Waals surface area contributed by atoms with E-state index in [4.69, 9.17) is 8.23 Å². The topological polar surface area (TPSA) is 18.5 Å². The van der Waals surface area contributed by atoms with Gasteiger partial charge in [0.15, 0.2) is 18.3 Å². The van der Waals surface area contributed by atoms with Crippen LogP contribution in [0.2, 0.25) is 19.6 Å². The first-order valence-corrected chi connectivity index (χ1v) is 12.8. The smallest absolute Gasteiger partial charge is 0.209 e. The molecule has 0 fully saturated rings. The molecule has 0 radical (unpaired) electrons. The van der Waals surface area contributed by atoms with Crippen molar-refractivity contribution in [1.82, 2.24) is 0 Å². The highest BCUT2D eigenvalue weighted by Gasteiger charge is 2.24. The average Bonchev–Trinajstić information content (AvgIpc) is 2.00. The fourth-order valence-corrected chi connectivity index (χ4v) is 11.8. The highest BCUT2D eigenvalue weighted by molar-refractivity contribution is 7.22. The third-order valence-electron chi connectivity index (χ3n) is 1.60. The van der Waals surface area contributed by atoms with E-state index in [1.54, 1.807) is 0 Å². The second kappa shape index (κ2) is 5.22. The molecule has 2 nitrogen and oxygen atoms in total. The molecule has 0 bridgehead atoms. The molecule has 66 valence electrons. The molecule has 0 heterocycles. The van der Waals surface area contributed by atoms with Crippen molar-refractivity contribution in [1.29, 1.82) is 0 Å². The van der Waals surface area contributed by atoms with Crippen molar-refractivity contribution in [3.05, 3.63) is 12.3 Å². The summed E-state index contributed by atoms with van der Waals surface area (Å²) in [7, 11) is -1.89. The molecule has 0 N–H and O–H groups in total. The summed E-state index contributed by atoms with van der Waals surface area (Å²) in [6.45, 7) is 10.4. The van der Waals surface area contributed by atoms with Crippen molar-refractivity contribution in [2.75, 3.05) is 0 Å². The highest BCUT2D eigenvalue weighted by Crippen LogP contribution is 2.02. The number of hydrogen-bond donors (Lipinski definition) is 0. The normalized spacial score (nSPS) is 17.8. The van der Waals surface area contributed by atoms with Gasteiger partial charge in [-0.1, -0.05) is 5.70 Å². The molecular formula is C5H18O2Si4. The quantitative estimate of drug-likeness (QED) is 0.565. The first-order chi connectivity index (χ1) is 5.04. The summed E-state index contributed by atoms with van der Waals surface area (Å²) < 4.78 is 11.3. The maximum absolute atomic E-state index is 5.75. The molecule has 0 aromatic carbocycles. The van der Waals surface area contributed by atoms with Gasteiger partial charge in [-0.2, -0.15) is 0 Å². The van der Waals surface area contributed by atoms with Gasteiger partial charge in [-0.3, -0.25) is 0 Å². The molecule has 0 aromatic rings. The Labute approximate surface area is 77.1 Å². The van der Waals surface area contributed by atoms with Crippen LogP contribution in [-0.4, -0.2) is 36.6 Å². The van der Waals surface area contributed by atoms with Gasteiger partial charge < -0.3 is 8.23 Å². The summed E-state index contributed by atoms with van der Waals surface area (Å²) in [4.78, 5) is 0. The van der Waals surface area contributed by atoms with E-state index in [9.17, 15) is 0 Å². The Bertz CT molecular complexity index is 130. The van der Waals surface area contributed by atoms with E-state index in [1.165, 1.54) is 0 Å². The lowest BCUT2D eigenvalue weighted by Crippen LogP contribution is -2.42. The summed E-state index contributed by atoms with van der Waals surface area (Å²) in [6, 6.07) is 0. The lowest BCUT2D eigenvalue weighted by atomic mass is 11.3. The van der Waals surface area contributed by atoms with Crippen molar-refractivity contribution in [2.24, 2.45) is 0 Å². The molecule has 0 saturated carbocycles. The first kappa shape index (κ1) is 11.5. The van der Waals surface area contributed by atoms with E-state index in [1.807, 2.05) is 5.70 Å². The van der Waals surface area contributed by atoms with Crippen LogP contribution in [0.15, 0.2) is 12.3 Å². The number of rotatable bonds is 5. The maximum atomic E-state index is 5.75. The molecular weight excluding hydrogens is 204 g/mol. The third-order valence-corrected chi connectivity index (χ3v) is 16.8. The van der Waals surface area contributed by atoms with Crippen LogP contribution in [0.25, 0.3) is 0 Å². The minimum atomic E-state index is -1.48. The Kier molecular flexibility index (Phi) is 5.47. The van der Waals surface area contributed by atoms with Crippen LogP contribution in [0.3, 0.4) is 0 Å². The zero-order valence-corrected chi connectivity index (χ0v) is 13.5. The Morgan fingerprint density at radius 1 is 1.64 bits per heavy atom. The molecule has 0 amide bonds. The lowest BCUT2D eigenvalue weighted by Gasteiger charge is -2.22. The van der Waals surface area contributed by atoms with E-state index in [0.29, 0.717) is 0 Å². The Morgan fingerprint density at radius 3 is 2.45 bits per heavy atom. The Balaban J connectivity index is 3.78. The molecule has 11 heavy (non-hydrogen) atoms. The van der Waals surface area contributed by atoms with E-state index in [0.717, 1.165) is 10.5 Å². The third kappa shape index (κ3) is 4.88. The van der Waals surface area contributed by atoms with Crippen molar-refractivity contribution in [2.45, 2.75) is 19.6 Å². The largest absolute Gasteiger partial charge is 0.462 e. The summed E-state index contributed by atoms with van der Waals surface area (Å²) in [5.74, 6) is 0. The van der Waals surface area contributed by atoms with Crippen LogP contribution in [0, 0.1) is 0 Å². The minimum Gasteiger partial charge on any atom is -0.462 e. The Hall–Kier alpha value is 0.528. The van der Waals surface area contributed by atoms with E-state index in [2.05, 4.69) is 26.2 Å². The monoisotopic (exact) mass is 222 g/mol. The highest BCUT2D eigenvalue weighted by atomic mass is 29.2. The second-order valence-electron chi connectivity index (χ2n) is 3.08. The molecule has 0 aliphatic heterocycles. The van der Waals surface area contributed by atoms with Crippen molar-refractivity contribution >= 4 is 36.6 Å². The standard InChI is InChI=1S/C5H18O2Si4/c1-5-11(4,6-8)9-7-10(2)3/h5,10H,1,9H2,2-4,8H3. The lowest BCUT2D eigenvalue weighted by molar-refractivity contribution is 0.599. The van der Waals surface area contributed by atoms with Crippen LogP contribution < -0.4 is 0 Å². The van der Waals surface area contributed by atoms with Crippen molar-refractivity contribution in [3.63, 3.8) is 0 Å². The predicted molar refractivity (Wildman–Crippen MR) is 61.3 cm³/mol. The molecule has 0 spiro atoms. The van der Waals surface area contributed by atoms with Gasteiger partial charge in [0, 0.05) is 0 Å². The van der Waals surface area contributed by atoms with E-state index in [-0.39, 0.29) is 0 Å². The van der Waals surface area contributed by atoms with Gasteiger partial charge in [0.2, 0.25) is 7.83 Å². The van der Waals surface area contributed by atoms with Crippen LogP contribution in [0.5, 0.6) is 0 Å². The second-order valence-corrected chi connectivity index (χ2v) is 16.5. The fraction of sp³-hybridized carbons (Fsp3) is 0.600. The van der Waals surface area contributed by atoms with Crippen LogP contribution >= 0.6 is 0 Å². The van der Waals surface area contributed by atoms with Gasteiger partial charge in [-0.05, 0) is 19.6 Å². The van der Waals surface area contributed by atoms with Gasteiger partial charge in [-0.25, -0.2) is 0 Å². The van der Waals surface area contributed by atoms with Crippen molar-refractivity contribution in [3.8, 4) is 0 Å². The van der Waals surface area contributed by atoms with Crippen molar-refractivity contribution < 1.29 is 8.23 Å². The zero-order valence-electron chi connectivity index (χ0n) is 7.89. The van der Waals surface area contributed by atoms with Gasteiger partial charge in [0.1, 0.15) is 10.5 Å². The average molecular weight is 223 g/mol. The molecule has 0 aliphatic rings. The van der Waals surface area contributed by atoms with Gasteiger partial charge in [0.05, 0.1) is 0 Å². The van der Waals surface area contributed by atoms with Gasteiger partial charge >= 0.3 is 0 Å². The van der Waals surface area contributed by atoms with E-state index >= 15 is 0 Å². The number of hydrogen-bond acceptors (Lipinski definition) is 2. The molecule has 0 rings (SSSR count). The fourth-order valence-electron chi connectivity index (χ4n) is 0.533. The van der Waals surface area contributed by atoms with E-state index < -0.39 is 26.2 Å². The molecule has 1 atom stereocenters. The van der Waals surface area contributed by atoms with Crippen LogP contribution in [-0.2, 0) is 8.23 Å². The van der Waals surface area contributed by atoms with Crippen LogP contribution in [0.1, 0.15) is 0 Å².